The van der Waals surface area contributed by atoms with E-state index in [0.717, 1.165) is 15.7 Å². The van der Waals surface area contributed by atoms with Crippen molar-refractivity contribution >= 4 is 33.4 Å². The van der Waals surface area contributed by atoms with Crippen LogP contribution in [0, 0.1) is 0 Å². The molecule has 0 atom stereocenters. The summed E-state index contributed by atoms with van der Waals surface area (Å²) in [6, 6.07) is 5.96. The molecule has 1 aliphatic heterocycles. The van der Waals surface area contributed by atoms with E-state index >= 15 is 0 Å². The Bertz CT molecular complexity index is 417. The van der Waals surface area contributed by atoms with Crippen molar-refractivity contribution in [1.82, 2.24) is 9.88 Å². The quantitative estimate of drug-likeness (QED) is 0.629. The lowest BCUT2D eigenvalue weighted by molar-refractivity contribution is -0.135. The number of hydrogen-bond acceptors (Lipinski definition) is 5. The Balaban J connectivity index is 0.000000184. The summed E-state index contributed by atoms with van der Waals surface area (Å²) < 4.78 is 0. The fraction of sp³-hybridized carbons (Fsp3) is 0.250. The third kappa shape index (κ3) is 4.93. The van der Waals surface area contributed by atoms with Crippen LogP contribution in [-0.4, -0.2) is 34.5 Å². The molecule has 0 saturated heterocycles. The minimum atomic E-state index is -0.241. The first-order chi connectivity index (χ1) is 8.65. The van der Waals surface area contributed by atoms with E-state index in [1.807, 2.05) is 35.2 Å². The lowest BCUT2D eigenvalue weighted by Crippen LogP contribution is -2.24. The first-order valence-electron chi connectivity index (χ1n) is 5.35. The molecular weight excluding hydrogens is 268 g/mol. The number of hydrogen-bond donors (Lipinski definition) is 0. The zero-order valence-corrected chi connectivity index (χ0v) is 11.8. The SMILES string of the molecule is CCSSc1ccccn1.CN1C(=O)C=CC1=O. The van der Waals surface area contributed by atoms with E-state index in [-0.39, 0.29) is 11.8 Å². The number of carbonyl (C=O) groups excluding carboxylic acids is 2. The van der Waals surface area contributed by atoms with Crippen LogP contribution in [0.5, 0.6) is 0 Å². The molecule has 6 heteroatoms. The topological polar surface area (TPSA) is 50.3 Å². The van der Waals surface area contributed by atoms with Gasteiger partial charge in [0.25, 0.3) is 11.8 Å². The predicted molar refractivity (Wildman–Crippen MR) is 75.1 cm³/mol. The van der Waals surface area contributed by atoms with Crippen molar-refractivity contribution in [3.8, 4) is 0 Å². The molecule has 0 bridgehead atoms. The molecule has 0 aromatic carbocycles. The second kappa shape index (κ2) is 7.94. The van der Waals surface area contributed by atoms with E-state index < -0.39 is 0 Å². The summed E-state index contributed by atoms with van der Waals surface area (Å²) in [7, 11) is 4.99. The average molecular weight is 282 g/mol. The van der Waals surface area contributed by atoms with Crippen LogP contribution in [0.3, 0.4) is 0 Å². The Hall–Kier alpha value is -1.27. The normalized spacial score (nSPS) is 13.6. The van der Waals surface area contributed by atoms with E-state index in [0.29, 0.717) is 0 Å². The highest BCUT2D eigenvalue weighted by Gasteiger charge is 2.17. The highest BCUT2D eigenvalue weighted by molar-refractivity contribution is 8.76. The molecule has 1 aromatic rings. The molecule has 0 spiro atoms. The van der Waals surface area contributed by atoms with E-state index in [1.54, 1.807) is 10.8 Å². The maximum atomic E-state index is 10.4. The molecule has 2 amide bonds. The van der Waals surface area contributed by atoms with Gasteiger partial charge in [-0.25, -0.2) is 4.98 Å². The van der Waals surface area contributed by atoms with Gasteiger partial charge < -0.3 is 0 Å². The molecule has 4 nitrogen and oxygen atoms in total. The lowest BCUT2D eigenvalue weighted by Gasteiger charge is -2.01. The molecule has 18 heavy (non-hydrogen) atoms. The van der Waals surface area contributed by atoms with Crippen LogP contribution in [0.4, 0.5) is 0 Å². The fourth-order valence-electron chi connectivity index (χ4n) is 0.990. The van der Waals surface area contributed by atoms with Gasteiger partial charge in [0, 0.05) is 31.1 Å². The summed E-state index contributed by atoms with van der Waals surface area (Å²) in [4.78, 5) is 26.0. The van der Waals surface area contributed by atoms with Crippen LogP contribution >= 0.6 is 21.6 Å². The summed E-state index contributed by atoms with van der Waals surface area (Å²) in [5, 5.41) is 1.09. The Kier molecular flexibility index (Phi) is 6.53. The maximum absolute atomic E-state index is 10.4. The summed E-state index contributed by atoms with van der Waals surface area (Å²) in [5.41, 5.74) is 0. The summed E-state index contributed by atoms with van der Waals surface area (Å²) in [6.45, 7) is 2.14. The monoisotopic (exact) mass is 282 g/mol. The number of aromatic nitrogens is 1. The molecule has 0 N–H and O–H groups in total. The molecule has 0 radical (unpaired) electrons. The van der Waals surface area contributed by atoms with Gasteiger partial charge in [-0.1, -0.05) is 23.8 Å². The smallest absolute Gasteiger partial charge is 0.253 e. The van der Waals surface area contributed by atoms with E-state index in [9.17, 15) is 9.59 Å². The van der Waals surface area contributed by atoms with Crippen molar-refractivity contribution in [2.75, 3.05) is 12.8 Å². The van der Waals surface area contributed by atoms with Crippen LogP contribution in [0.15, 0.2) is 41.6 Å². The van der Waals surface area contributed by atoms with Crippen molar-refractivity contribution < 1.29 is 9.59 Å². The zero-order chi connectivity index (χ0) is 13.4. The number of amides is 2. The van der Waals surface area contributed by atoms with Crippen LogP contribution in [0.25, 0.3) is 0 Å². The number of imide groups is 1. The Morgan fingerprint density at radius 1 is 1.22 bits per heavy atom. The molecule has 2 heterocycles. The zero-order valence-electron chi connectivity index (χ0n) is 10.2. The van der Waals surface area contributed by atoms with Crippen LogP contribution in [0.2, 0.25) is 0 Å². The van der Waals surface area contributed by atoms with E-state index in [4.69, 9.17) is 0 Å². The largest absolute Gasteiger partial charge is 0.279 e. The Morgan fingerprint density at radius 2 is 1.89 bits per heavy atom. The molecule has 0 saturated carbocycles. The van der Waals surface area contributed by atoms with E-state index in [2.05, 4.69) is 11.9 Å². The predicted octanol–water partition coefficient (Wildman–Crippen LogP) is 2.38. The van der Waals surface area contributed by atoms with Gasteiger partial charge in [-0.3, -0.25) is 14.5 Å². The summed E-state index contributed by atoms with van der Waals surface area (Å²) in [6.07, 6.45) is 4.32. The van der Waals surface area contributed by atoms with Crippen molar-refractivity contribution in [1.29, 1.82) is 0 Å². The lowest BCUT2D eigenvalue weighted by atomic mass is 10.5. The molecule has 0 fully saturated rings. The van der Waals surface area contributed by atoms with Gasteiger partial charge in [0.05, 0.1) is 0 Å². The molecule has 1 aromatic heterocycles. The van der Waals surface area contributed by atoms with Crippen LogP contribution < -0.4 is 0 Å². The van der Waals surface area contributed by atoms with Crippen LogP contribution in [-0.2, 0) is 9.59 Å². The Morgan fingerprint density at radius 3 is 2.28 bits per heavy atom. The first kappa shape index (κ1) is 14.8. The van der Waals surface area contributed by atoms with E-state index in [1.165, 1.54) is 19.2 Å². The third-order valence-corrected chi connectivity index (χ3v) is 4.27. The fourth-order valence-corrected chi connectivity index (χ4v) is 2.48. The van der Waals surface area contributed by atoms with Gasteiger partial charge in [0.15, 0.2) is 0 Å². The molecule has 0 aliphatic carbocycles. The summed E-state index contributed by atoms with van der Waals surface area (Å²) in [5.74, 6) is 0.645. The second-order valence-electron chi connectivity index (χ2n) is 3.23. The van der Waals surface area contributed by atoms with Gasteiger partial charge in [-0.05, 0) is 22.9 Å². The third-order valence-electron chi connectivity index (χ3n) is 1.93. The number of pyridine rings is 1. The molecule has 1 aliphatic rings. The van der Waals surface area contributed by atoms with Gasteiger partial charge in [-0.15, -0.1) is 0 Å². The molecular formula is C12H14N2O2S2. The van der Waals surface area contributed by atoms with Crippen molar-refractivity contribution in [2.24, 2.45) is 0 Å². The summed E-state index contributed by atoms with van der Waals surface area (Å²) >= 11 is 0. The van der Waals surface area contributed by atoms with Gasteiger partial charge >= 0.3 is 0 Å². The number of nitrogens with zero attached hydrogens (tertiary/aromatic N) is 2. The minimum absolute atomic E-state index is 0.241. The molecule has 96 valence electrons. The standard InChI is InChI=1S/C7H9NS2.C5H5NO2/c1-2-9-10-7-5-3-4-6-8-7;1-6-4(7)2-3-5(6)8/h3-6H,2H2,1H3;2-3H,1H3. The Labute approximate surface area is 114 Å². The highest BCUT2D eigenvalue weighted by Crippen LogP contribution is 2.27. The van der Waals surface area contributed by atoms with Crippen molar-refractivity contribution in [3.63, 3.8) is 0 Å². The first-order valence-corrected chi connectivity index (χ1v) is 7.67. The van der Waals surface area contributed by atoms with Crippen LogP contribution in [0.1, 0.15) is 6.92 Å². The van der Waals surface area contributed by atoms with Crippen molar-refractivity contribution in [2.45, 2.75) is 11.9 Å². The second-order valence-corrected chi connectivity index (χ2v) is 5.83. The number of carbonyl (C=O) groups is 2. The number of rotatable bonds is 3. The average Bonchev–Trinajstić information content (AvgIpc) is 2.70. The minimum Gasteiger partial charge on any atom is -0.279 e. The maximum Gasteiger partial charge on any atom is 0.253 e. The van der Waals surface area contributed by atoms with Crippen molar-refractivity contribution in [3.05, 3.63) is 36.5 Å². The molecule has 0 unspecified atom stereocenters. The van der Waals surface area contributed by atoms with Gasteiger partial charge in [0.1, 0.15) is 5.03 Å². The number of likely N-dealkylation sites (N-methyl/N-ethyl adjacent to an activating group) is 1. The molecule has 2 rings (SSSR count). The van der Waals surface area contributed by atoms with Gasteiger partial charge in [0.2, 0.25) is 0 Å². The van der Waals surface area contributed by atoms with Gasteiger partial charge in [-0.2, -0.15) is 0 Å². The highest BCUT2D eigenvalue weighted by atomic mass is 33.1.